The van der Waals surface area contributed by atoms with Crippen molar-refractivity contribution < 1.29 is 4.79 Å². The third-order valence-corrected chi connectivity index (χ3v) is 1.95. The number of hydrogen-bond acceptors (Lipinski definition) is 2. The molecule has 2 amide bonds. The molecule has 11 heavy (non-hydrogen) atoms. The van der Waals surface area contributed by atoms with Gasteiger partial charge < -0.3 is 4.90 Å². The zero-order chi connectivity index (χ0) is 8.10. The van der Waals surface area contributed by atoms with Gasteiger partial charge >= 0.3 is 6.03 Å². The Morgan fingerprint density at radius 1 is 1.09 bits per heavy atom. The second-order valence-corrected chi connectivity index (χ2v) is 2.78. The van der Waals surface area contributed by atoms with Gasteiger partial charge in [-0.15, -0.1) is 4.91 Å². The van der Waals surface area contributed by atoms with Gasteiger partial charge in [-0.25, -0.2) is 4.79 Å². The van der Waals surface area contributed by atoms with Crippen LogP contribution in [0.25, 0.3) is 0 Å². The van der Waals surface area contributed by atoms with Crippen molar-refractivity contribution in [2.45, 2.75) is 25.7 Å². The molecule has 62 valence electrons. The Balaban J connectivity index is 2.42. The normalized spacial score (nSPS) is 19.1. The minimum absolute atomic E-state index is 0.605. The van der Waals surface area contributed by atoms with E-state index in [4.69, 9.17) is 0 Å². The molecular weight excluding hydrogens is 144 g/mol. The summed E-state index contributed by atoms with van der Waals surface area (Å²) >= 11 is 0. The molecule has 0 saturated carbocycles. The molecule has 0 aliphatic carbocycles. The molecule has 0 bridgehead atoms. The topological polar surface area (TPSA) is 49.7 Å². The summed E-state index contributed by atoms with van der Waals surface area (Å²) in [6, 6.07) is -0.605. The molecule has 0 aromatic heterocycles. The molecule has 1 aliphatic rings. The number of rotatable bonds is 0. The summed E-state index contributed by atoms with van der Waals surface area (Å²) in [5, 5.41) is 2.39. The number of urea groups is 1. The van der Waals surface area contributed by atoms with E-state index in [0.29, 0.717) is 13.1 Å². The van der Waals surface area contributed by atoms with Crippen LogP contribution >= 0.6 is 0 Å². The van der Waals surface area contributed by atoms with Crippen LogP contribution in [0.4, 0.5) is 4.79 Å². The predicted molar refractivity (Wildman–Crippen MR) is 41.2 cm³/mol. The summed E-state index contributed by atoms with van der Waals surface area (Å²) in [5.74, 6) is 0. The van der Waals surface area contributed by atoms with Crippen LogP contribution in [0.1, 0.15) is 25.7 Å². The lowest BCUT2D eigenvalue weighted by Crippen LogP contribution is -2.28. The fraction of sp³-hybridized carbons (Fsp3) is 0.857. The Hall–Kier alpha value is -0.930. The summed E-state index contributed by atoms with van der Waals surface area (Å²) in [6.45, 7) is 1.40. The Morgan fingerprint density at radius 2 is 1.64 bits per heavy atom. The van der Waals surface area contributed by atoms with E-state index in [0.717, 1.165) is 25.7 Å². The largest absolute Gasteiger partial charge is 0.381 e. The molecule has 1 fully saturated rings. The molecule has 0 radical (unpaired) electrons. The molecule has 0 aromatic rings. The van der Waals surface area contributed by atoms with Crippen LogP contribution in [0, 0.1) is 4.91 Å². The highest BCUT2D eigenvalue weighted by Gasteiger charge is 2.14. The zero-order valence-corrected chi connectivity index (χ0v) is 6.45. The maximum absolute atomic E-state index is 10.8. The molecule has 0 unspecified atom stereocenters. The Bertz CT molecular complexity index is 151. The van der Waals surface area contributed by atoms with E-state index in [2.05, 4.69) is 5.18 Å². The fourth-order valence-corrected chi connectivity index (χ4v) is 1.32. The molecule has 0 spiro atoms. The second kappa shape index (κ2) is 4.05. The molecular formula is C7H12N2O2. The van der Waals surface area contributed by atoms with Crippen molar-refractivity contribution in [1.29, 1.82) is 0 Å². The minimum atomic E-state index is -0.605. The SMILES string of the molecule is O=NC(=O)N1CCCCCC1. The molecule has 1 heterocycles. The highest BCUT2D eigenvalue weighted by Crippen LogP contribution is 2.09. The first-order valence-electron chi connectivity index (χ1n) is 3.97. The smallest absolute Gasteiger partial charge is 0.320 e. The first-order chi connectivity index (χ1) is 5.34. The van der Waals surface area contributed by atoms with Crippen LogP contribution in [0.15, 0.2) is 5.18 Å². The van der Waals surface area contributed by atoms with Crippen LogP contribution in [-0.4, -0.2) is 24.0 Å². The molecule has 4 nitrogen and oxygen atoms in total. The van der Waals surface area contributed by atoms with Gasteiger partial charge in [-0.2, -0.15) is 0 Å². The average Bonchev–Trinajstić information content (AvgIpc) is 2.30. The van der Waals surface area contributed by atoms with Gasteiger partial charge in [-0.1, -0.05) is 12.8 Å². The second-order valence-electron chi connectivity index (χ2n) is 2.78. The van der Waals surface area contributed by atoms with Crippen molar-refractivity contribution in [3.8, 4) is 0 Å². The molecule has 0 aromatic carbocycles. The van der Waals surface area contributed by atoms with Gasteiger partial charge in [0.2, 0.25) is 0 Å². The standard InChI is InChI=1S/C7H12N2O2/c10-7(8-11)9-5-3-1-2-4-6-9/h1-6H2. The summed E-state index contributed by atoms with van der Waals surface area (Å²) < 4.78 is 0. The predicted octanol–water partition coefficient (Wildman–Crippen LogP) is 1.75. The van der Waals surface area contributed by atoms with E-state index in [9.17, 15) is 9.70 Å². The molecule has 4 heteroatoms. The van der Waals surface area contributed by atoms with E-state index in [1.807, 2.05) is 0 Å². The van der Waals surface area contributed by atoms with Gasteiger partial charge in [0, 0.05) is 18.3 Å². The number of carbonyl (C=O) groups excluding carboxylic acids is 1. The molecule has 1 saturated heterocycles. The lowest BCUT2D eigenvalue weighted by Gasteiger charge is -2.14. The van der Waals surface area contributed by atoms with Crippen molar-refractivity contribution in [3.63, 3.8) is 0 Å². The molecule has 1 rings (SSSR count). The maximum Gasteiger partial charge on any atom is 0.381 e. The average molecular weight is 156 g/mol. The van der Waals surface area contributed by atoms with Crippen molar-refractivity contribution in [3.05, 3.63) is 4.91 Å². The zero-order valence-electron chi connectivity index (χ0n) is 6.45. The highest BCUT2D eigenvalue weighted by atomic mass is 16.3. The molecule has 0 atom stereocenters. The van der Waals surface area contributed by atoms with Gasteiger partial charge in [-0.3, -0.25) is 0 Å². The summed E-state index contributed by atoms with van der Waals surface area (Å²) in [6.07, 6.45) is 4.31. The molecule has 1 aliphatic heterocycles. The van der Waals surface area contributed by atoms with Crippen LogP contribution in [0.3, 0.4) is 0 Å². The first kappa shape index (κ1) is 8.17. The van der Waals surface area contributed by atoms with Gasteiger partial charge in [0.1, 0.15) is 0 Å². The summed E-state index contributed by atoms with van der Waals surface area (Å²) in [7, 11) is 0. The van der Waals surface area contributed by atoms with Gasteiger partial charge in [0.15, 0.2) is 0 Å². The maximum atomic E-state index is 10.8. The van der Waals surface area contributed by atoms with Crippen molar-refractivity contribution in [2.75, 3.05) is 13.1 Å². The van der Waals surface area contributed by atoms with Crippen LogP contribution < -0.4 is 0 Å². The Kier molecular flexibility index (Phi) is 3.01. The van der Waals surface area contributed by atoms with Gasteiger partial charge in [0.25, 0.3) is 0 Å². The number of carbonyl (C=O) groups is 1. The number of nitrogens with zero attached hydrogens (tertiary/aromatic N) is 2. The van der Waals surface area contributed by atoms with Crippen LogP contribution in [0.5, 0.6) is 0 Å². The monoisotopic (exact) mass is 156 g/mol. The van der Waals surface area contributed by atoms with Gasteiger partial charge in [-0.05, 0) is 12.8 Å². The van der Waals surface area contributed by atoms with Gasteiger partial charge in [0.05, 0.1) is 0 Å². The molecule has 0 N–H and O–H groups in total. The van der Waals surface area contributed by atoms with Crippen molar-refractivity contribution >= 4 is 6.03 Å². The van der Waals surface area contributed by atoms with Crippen LogP contribution in [0.2, 0.25) is 0 Å². The van der Waals surface area contributed by atoms with E-state index >= 15 is 0 Å². The summed E-state index contributed by atoms with van der Waals surface area (Å²) in [4.78, 5) is 22.2. The third-order valence-electron chi connectivity index (χ3n) is 1.95. The highest BCUT2D eigenvalue weighted by molar-refractivity contribution is 5.74. The Labute approximate surface area is 65.5 Å². The number of amides is 2. The van der Waals surface area contributed by atoms with Crippen molar-refractivity contribution in [1.82, 2.24) is 4.90 Å². The quantitative estimate of drug-likeness (QED) is 0.501. The number of likely N-dealkylation sites (tertiary alicyclic amines) is 1. The van der Waals surface area contributed by atoms with E-state index < -0.39 is 6.03 Å². The fourth-order valence-electron chi connectivity index (χ4n) is 1.32. The Morgan fingerprint density at radius 3 is 2.09 bits per heavy atom. The lowest BCUT2D eigenvalue weighted by molar-refractivity contribution is 0.209. The number of nitroso groups, excluding NO2 is 1. The third kappa shape index (κ3) is 2.29. The minimum Gasteiger partial charge on any atom is -0.320 e. The first-order valence-corrected chi connectivity index (χ1v) is 3.97. The van der Waals surface area contributed by atoms with Crippen molar-refractivity contribution in [2.24, 2.45) is 5.18 Å². The van der Waals surface area contributed by atoms with E-state index in [-0.39, 0.29) is 0 Å². The van der Waals surface area contributed by atoms with E-state index in [1.165, 1.54) is 4.90 Å². The van der Waals surface area contributed by atoms with Crippen LogP contribution in [-0.2, 0) is 0 Å². The number of hydrogen-bond donors (Lipinski definition) is 0. The lowest BCUT2D eigenvalue weighted by atomic mass is 10.2. The van der Waals surface area contributed by atoms with E-state index in [1.54, 1.807) is 0 Å². The summed E-state index contributed by atoms with van der Waals surface area (Å²) in [5.41, 5.74) is 0.